The van der Waals surface area contributed by atoms with Crippen molar-refractivity contribution in [3.63, 3.8) is 0 Å². The number of benzene rings is 1. The SMILES string of the molecule is NC(=O)c1c(-c2cccc(Cl)c2)nn2c1CN(C(=O)NC1CC(F)C1)CC2. The molecule has 0 saturated heterocycles. The first-order valence-corrected chi connectivity index (χ1v) is 9.15. The third-order valence-corrected chi connectivity index (χ3v) is 5.25. The number of alkyl halides is 1. The maximum Gasteiger partial charge on any atom is 0.318 e. The summed E-state index contributed by atoms with van der Waals surface area (Å²) in [7, 11) is 0. The van der Waals surface area contributed by atoms with Crippen molar-refractivity contribution in [2.24, 2.45) is 5.73 Å². The highest BCUT2D eigenvalue weighted by Crippen LogP contribution is 2.30. The number of fused-ring (bicyclic) bond motifs is 1. The first kappa shape index (κ1) is 17.8. The van der Waals surface area contributed by atoms with E-state index in [0.717, 1.165) is 0 Å². The summed E-state index contributed by atoms with van der Waals surface area (Å²) in [5.41, 5.74) is 7.66. The van der Waals surface area contributed by atoms with Crippen LogP contribution in [0.15, 0.2) is 24.3 Å². The molecule has 0 unspecified atom stereocenters. The number of nitrogens with two attached hydrogens (primary N) is 1. The molecule has 7 nitrogen and oxygen atoms in total. The fourth-order valence-electron chi connectivity index (χ4n) is 3.52. The lowest BCUT2D eigenvalue weighted by Crippen LogP contribution is -2.52. The van der Waals surface area contributed by atoms with Gasteiger partial charge in [0.05, 0.1) is 24.3 Å². The molecule has 0 spiro atoms. The molecular weight excluding hydrogens is 373 g/mol. The molecule has 27 heavy (non-hydrogen) atoms. The smallest absolute Gasteiger partial charge is 0.318 e. The number of halogens is 2. The summed E-state index contributed by atoms with van der Waals surface area (Å²) in [5.74, 6) is -0.604. The average Bonchev–Trinajstić information content (AvgIpc) is 2.99. The second-order valence-corrected chi connectivity index (χ2v) is 7.34. The first-order valence-electron chi connectivity index (χ1n) is 8.77. The van der Waals surface area contributed by atoms with Crippen LogP contribution < -0.4 is 11.1 Å². The fraction of sp³-hybridized carbons (Fsp3) is 0.389. The van der Waals surface area contributed by atoms with E-state index in [9.17, 15) is 14.0 Å². The Labute approximate surface area is 160 Å². The van der Waals surface area contributed by atoms with Crippen molar-refractivity contribution in [1.29, 1.82) is 0 Å². The summed E-state index contributed by atoms with van der Waals surface area (Å²) in [6, 6.07) is 6.64. The number of hydrogen-bond donors (Lipinski definition) is 2. The molecule has 1 aromatic carbocycles. The number of nitrogens with one attached hydrogen (secondary N) is 1. The zero-order valence-electron chi connectivity index (χ0n) is 14.5. The molecule has 0 radical (unpaired) electrons. The molecule has 0 atom stereocenters. The summed E-state index contributed by atoms with van der Waals surface area (Å²) < 4.78 is 14.7. The molecule has 2 aromatic rings. The monoisotopic (exact) mass is 391 g/mol. The lowest BCUT2D eigenvalue weighted by molar-refractivity contribution is 0.0996. The Kier molecular flexibility index (Phi) is 4.51. The summed E-state index contributed by atoms with van der Waals surface area (Å²) in [6.07, 6.45) is -0.133. The Balaban J connectivity index is 1.61. The number of nitrogens with zero attached hydrogens (tertiary/aromatic N) is 3. The molecule has 1 aromatic heterocycles. The Morgan fingerprint density at radius 3 is 2.74 bits per heavy atom. The number of carbonyl (C=O) groups excluding carboxylic acids is 2. The maximum absolute atomic E-state index is 13.0. The van der Waals surface area contributed by atoms with E-state index in [0.29, 0.717) is 53.5 Å². The standard InChI is InChI=1S/C18H19ClFN5O2/c19-11-3-1-2-10(6-11)16-15(17(21)26)14-9-24(4-5-25(14)23-16)18(27)22-13-7-12(20)8-13/h1-3,6,12-13H,4-5,7-9H2,(H2,21,26)(H,22,27). The van der Waals surface area contributed by atoms with Crippen LogP contribution in [0.3, 0.4) is 0 Å². The normalized spacial score (nSPS) is 21.3. The molecule has 3 amide bonds. The number of carbonyl (C=O) groups is 2. The molecule has 2 aliphatic rings. The Morgan fingerprint density at radius 2 is 2.07 bits per heavy atom. The number of rotatable bonds is 3. The second kappa shape index (κ2) is 6.84. The lowest BCUT2D eigenvalue weighted by Gasteiger charge is -2.34. The van der Waals surface area contributed by atoms with Gasteiger partial charge in [-0.2, -0.15) is 5.10 Å². The van der Waals surface area contributed by atoms with Crippen LogP contribution >= 0.6 is 11.6 Å². The van der Waals surface area contributed by atoms with Crippen molar-refractivity contribution in [1.82, 2.24) is 20.0 Å². The van der Waals surface area contributed by atoms with Crippen molar-refractivity contribution in [3.05, 3.63) is 40.5 Å². The Hall–Kier alpha value is -2.61. The van der Waals surface area contributed by atoms with Gasteiger partial charge in [0, 0.05) is 23.2 Å². The Bertz CT molecular complexity index is 909. The van der Waals surface area contributed by atoms with Gasteiger partial charge >= 0.3 is 6.03 Å². The zero-order valence-corrected chi connectivity index (χ0v) is 15.2. The van der Waals surface area contributed by atoms with E-state index in [1.807, 2.05) is 0 Å². The van der Waals surface area contributed by atoms with Crippen LogP contribution in [0.4, 0.5) is 9.18 Å². The van der Waals surface area contributed by atoms with E-state index in [4.69, 9.17) is 17.3 Å². The van der Waals surface area contributed by atoms with Crippen molar-refractivity contribution in [2.45, 2.75) is 38.1 Å². The van der Waals surface area contributed by atoms with Gasteiger partial charge in [-0.15, -0.1) is 0 Å². The van der Waals surface area contributed by atoms with Gasteiger partial charge in [0.2, 0.25) is 0 Å². The maximum atomic E-state index is 13.0. The van der Waals surface area contributed by atoms with Crippen LogP contribution in [-0.2, 0) is 13.1 Å². The van der Waals surface area contributed by atoms with Crippen molar-refractivity contribution in [3.8, 4) is 11.3 Å². The lowest BCUT2D eigenvalue weighted by atomic mass is 9.91. The van der Waals surface area contributed by atoms with Crippen LogP contribution in [-0.4, -0.2) is 45.4 Å². The summed E-state index contributed by atoms with van der Waals surface area (Å²) in [5, 5.41) is 7.88. The van der Waals surface area contributed by atoms with Gasteiger partial charge < -0.3 is 16.0 Å². The molecule has 3 N–H and O–H groups in total. The molecule has 2 heterocycles. The predicted molar refractivity (Wildman–Crippen MR) is 98.1 cm³/mol. The predicted octanol–water partition coefficient (Wildman–Crippen LogP) is 2.33. The van der Waals surface area contributed by atoms with E-state index < -0.39 is 12.1 Å². The highest BCUT2D eigenvalue weighted by atomic mass is 35.5. The van der Waals surface area contributed by atoms with Gasteiger partial charge in [-0.3, -0.25) is 9.48 Å². The van der Waals surface area contributed by atoms with Gasteiger partial charge in [-0.05, 0) is 25.0 Å². The number of hydrogen-bond acceptors (Lipinski definition) is 3. The molecule has 4 rings (SSSR count). The van der Waals surface area contributed by atoms with Gasteiger partial charge in [0.15, 0.2) is 0 Å². The second-order valence-electron chi connectivity index (χ2n) is 6.90. The summed E-state index contributed by atoms with van der Waals surface area (Å²) in [6.45, 7) is 1.10. The minimum absolute atomic E-state index is 0.128. The zero-order chi connectivity index (χ0) is 19.1. The highest BCUT2D eigenvalue weighted by molar-refractivity contribution is 6.30. The van der Waals surface area contributed by atoms with Gasteiger partial charge in [0.25, 0.3) is 5.91 Å². The number of primary amides is 1. The van der Waals surface area contributed by atoms with E-state index in [1.165, 1.54) is 0 Å². The topological polar surface area (TPSA) is 93.2 Å². The number of amides is 3. The van der Waals surface area contributed by atoms with E-state index in [2.05, 4.69) is 10.4 Å². The summed E-state index contributed by atoms with van der Waals surface area (Å²) in [4.78, 5) is 26.2. The first-order chi connectivity index (χ1) is 12.9. The van der Waals surface area contributed by atoms with E-state index >= 15 is 0 Å². The largest absolute Gasteiger partial charge is 0.365 e. The summed E-state index contributed by atoms with van der Waals surface area (Å²) >= 11 is 6.06. The van der Waals surface area contributed by atoms with Crippen LogP contribution in [0, 0.1) is 0 Å². The van der Waals surface area contributed by atoms with E-state index in [-0.39, 0.29) is 18.6 Å². The van der Waals surface area contributed by atoms with E-state index in [1.54, 1.807) is 33.8 Å². The van der Waals surface area contributed by atoms with Crippen molar-refractivity contribution >= 4 is 23.5 Å². The molecular formula is C18H19ClFN5O2. The molecule has 1 saturated carbocycles. The van der Waals surface area contributed by atoms with Crippen LogP contribution in [0.25, 0.3) is 11.3 Å². The molecule has 9 heteroatoms. The molecule has 1 fully saturated rings. The van der Waals surface area contributed by atoms with Gasteiger partial charge in [-0.1, -0.05) is 23.7 Å². The minimum Gasteiger partial charge on any atom is -0.365 e. The fourth-order valence-corrected chi connectivity index (χ4v) is 3.71. The quantitative estimate of drug-likeness (QED) is 0.840. The number of aromatic nitrogens is 2. The molecule has 0 bridgehead atoms. The van der Waals surface area contributed by atoms with Gasteiger partial charge in [0.1, 0.15) is 11.9 Å². The number of urea groups is 1. The molecule has 1 aliphatic carbocycles. The molecule has 142 valence electrons. The molecule has 1 aliphatic heterocycles. The van der Waals surface area contributed by atoms with Crippen molar-refractivity contribution < 1.29 is 14.0 Å². The van der Waals surface area contributed by atoms with Crippen molar-refractivity contribution in [2.75, 3.05) is 6.54 Å². The minimum atomic E-state index is -0.834. The average molecular weight is 392 g/mol. The third-order valence-electron chi connectivity index (χ3n) is 5.02. The van der Waals surface area contributed by atoms with Crippen LogP contribution in [0.2, 0.25) is 5.02 Å². The van der Waals surface area contributed by atoms with Crippen LogP contribution in [0.1, 0.15) is 28.9 Å². The van der Waals surface area contributed by atoms with Crippen LogP contribution in [0.5, 0.6) is 0 Å². The third kappa shape index (κ3) is 3.37. The Morgan fingerprint density at radius 1 is 1.30 bits per heavy atom. The highest BCUT2D eigenvalue weighted by Gasteiger charge is 2.33. The van der Waals surface area contributed by atoms with Gasteiger partial charge in [-0.25, -0.2) is 9.18 Å².